The SMILES string of the molecule is COCCCN(CCOC)CC(N)c1cccc(F)c1F. The number of nitrogens with zero attached hydrogens (tertiary/aromatic N) is 1. The Balaban J connectivity index is 2.64. The highest BCUT2D eigenvalue weighted by molar-refractivity contribution is 5.22. The summed E-state index contributed by atoms with van der Waals surface area (Å²) in [4.78, 5) is 2.07. The maximum absolute atomic E-state index is 13.7. The Bertz CT molecular complexity index is 419. The number of hydrogen-bond acceptors (Lipinski definition) is 4. The third kappa shape index (κ3) is 6.05. The van der Waals surface area contributed by atoms with Crippen LogP contribution in [-0.4, -0.2) is 52.0 Å². The van der Waals surface area contributed by atoms with Gasteiger partial charge in [-0.2, -0.15) is 0 Å². The Morgan fingerprint density at radius 1 is 1.14 bits per heavy atom. The average molecular weight is 302 g/mol. The van der Waals surface area contributed by atoms with Crippen molar-refractivity contribution in [2.24, 2.45) is 5.73 Å². The predicted molar refractivity (Wildman–Crippen MR) is 78.1 cm³/mol. The second-order valence-corrected chi connectivity index (χ2v) is 4.89. The lowest BCUT2D eigenvalue weighted by Crippen LogP contribution is -2.36. The molecule has 0 saturated carbocycles. The molecule has 1 unspecified atom stereocenters. The van der Waals surface area contributed by atoms with Gasteiger partial charge in [0, 0.05) is 52.1 Å². The largest absolute Gasteiger partial charge is 0.385 e. The molecule has 0 amide bonds. The monoisotopic (exact) mass is 302 g/mol. The van der Waals surface area contributed by atoms with Crippen molar-refractivity contribution in [1.82, 2.24) is 4.90 Å². The summed E-state index contributed by atoms with van der Waals surface area (Å²) in [6.45, 7) is 3.10. The predicted octanol–water partition coefficient (Wildman–Crippen LogP) is 1.95. The van der Waals surface area contributed by atoms with Crippen LogP contribution in [0.4, 0.5) is 8.78 Å². The smallest absolute Gasteiger partial charge is 0.163 e. The summed E-state index contributed by atoms with van der Waals surface area (Å²) in [5.74, 6) is -1.74. The molecule has 0 aromatic heterocycles. The van der Waals surface area contributed by atoms with Crippen molar-refractivity contribution in [1.29, 1.82) is 0 Å². The Morgan fingerprint density at radius 3 is 2.52 bits per heavy atom. The molecule has 21 heavy (non-hydrogen) atoms. The fraction of sp³-hybridized carbons (Fsp3) is 0.600. The first-order valence-electron chi connectivity index (χ1n) is 6.99. The van der Waals surface area contributed by atoms with Gasteiger partial charge in [0.1, 0.15) is 0 Å². The van der Waals surface area contributed by atoms with Crippen LogP contribution in [0.2, 0.25) is 0 Å². The molecule has 0 radical (unpaired) electrons. The van der Waals surface area contributed by atoms with Crippen LogP contribution < -0.4 is 5.73 Å². The van der Waals surface area contributed by atoms with Crippen molar-refractivity contribution in [3.05, 3.63) is 35.4 Å². The van der Waals surface area contributed by atoms with Gasteiger partial charge in [0.25, 0.3) is 0 Å². The molecule has 0 aliphatic carbocycles. The average Bonchev–Trinajstić information content (AvgIpc) is 2.47. The zero-order valence-electron chi connectivity index (χ0n) is 12.6. The molecule has 1 atom stereocenters. The first kappa shape index (κ1) is 18.0. The van der Waals surface area contributed by atoms with Crippen LogP contribution in [-0.2, 0) is 9.47 Å². The van der Waals surface area contributed by atoms with E-state index in [9.17, 15) is 8.78 Å². The molecular weight excluding hydrogens is 278 g/mol. The number of halogens is 2. The van der Waals surface area contributed by atoms with Gasteiger partial charge >= 0.3 is 0 Å². The summed E-state index contributed by atoms with van der Waals surface area (Å²) in [6, 6.07) is 3.50. The van der Waals surface area contributed by atoms with Gasteiger partial charge in [0.2, 0.25) is 0 Å². The molecule has 0 fully saturated rings. The second kappa shape index (κ2) is 9.78. The van der Waals surface area contributed by atoms with Crippen LogP contribution in [0.5, 0.6) is 0 Å². The lowest BCUT2D eigenvalue weighted by Gasteiger charge is -2.25. The number of methoxy groups -OCH3 is 2. The molecule has 1 aromatic carbocycles. The van der Waals surface area contributed by atoms with E-state index in [-0.39, 0.29) is 5.56 Å². The Hall–Kier alpha value is -1.08. The highest BCUT2D eigenvalue weighted by atomic mass is 19.2. The van der Waals surface area contributed by atoms with Crippen molar-refractivity contribution in [3.8, 4) is 0 Å². The number of ether oxygens (including phenoxy) is 2. The number of hydrogen-bond donors (Lipinski definition) is 1. The molecule has 6 heteroatoms. The summed E-state index contributed by atoms with van der Waals surface area (Å²) < 4.78 is 37.1. The van der Waals surface area contributed by atoms with E-state index in [0.717, 1.165) is 19.0 Å². The maximum atomic E-state index is 13.7. The molecule has 1 rings (SSSR count). The summed E-state index contributed by atoms with van der Waals surface area (Å²) in [5, 5.41) is 0. The Morgan fingerprint density at radius 2 is 1.86 bits per heavy atom. The van der Waals surface area contributed by atoms with Gasteiger partial charge in [-0.3, -0.25) is 4.90 Å². The molecule has 120 valence electrons. The van der Waals surface area contributed by atoms with Crippen LogP contribution >= 0.6 is 0 Å². The van der Waals surface area contributed by atoms with Crippen LogP contribution in [0.15, 0.2) is 18.2 Å². The molecule has 2 N–H and O–H groups in total. The van der Waals surface area contributed by atoms with Crippen LogP contribution in [0.1, 0.15) is 18.0 Å². The zero-order valence-corrected chi connectivity index (χ0v) is 12.6. The molecule has 0 aliphatic rings. The van der Waals surface area contributed by atoms with E-state index < -0.39 is 17.7 Å². The molecule has 0 heterocycles. The van der Waals surface area contributed by atoms with E-state index in [2.05, 4.69) is 4.90 Å². The standard InChI is InChI=1S/C15H24F2N2O2/c1-20-9-4-7-19(8-10-21-2)11-14(18)12-5-3-6-13(16)15(12)17/h3,5-6,14H,4,7-11,18H2,1-2H3. The minimum Gasteiger partial charge on any atom is -0.385 e. The second-order valence-electron chi connectivity index (χ2n) is 4.89. The van der Waals surface area contributed by atoms with Crippen molar-refractivity contribution < 1.29 is 18.3 Å². The number of rotatable bonds is 10. The van der Waals surface area contributed by atoms with Gasteiger partial charge in [-0.05, 0) is 12.5 Å². The summed E-state index contributed by atoms with van der Waals surface area (Å²) >= 11 is 0. The van der Waals surface area contributed by atoms with Gasteiger partial charge in [-0.1, -0.05) is 12.1 Å². The number of benzene rings is 1. The van der Waals surface area contributed by atoms with Crippen LogP contribution in [0.25, 0.3) is 0 Å². The molecule has 0 aliphatic heterocycles. The quantitative estimate of drug-likeness (QED) is 0.671. The normalized spacial score (nSPS) is 12.9. The summed E-state index contributed by atoms with van der Waals surface area (Å²) in [5.41, 5.74) is 6.22. The van der Waals surface area contributed by atoms with Crippen molar-refractivity contribution in [2.75, 3.05) is 47.1 Å². The fourth-order valence-corrected chi connectivity index (χ4v) is 2.13. The first-order chi connectivity index (χ1) is 10.1. The van der Waals surface area contributed by atoms with E-state index in [0.29, 0.717) is 26.3 Å². The van der Waals surface area contributed by atoms with E-state index >= 15 is 0 Å². The molecule has 0 bridgehead atoms. The van der Waals surface area contributed by atoms with E-state index in [4.69, 9.17) is 15.2 Å². The zero-order chi connectivity index (χ0) is 15.7. The molecular formula is C15H24F2N2O2. The van der Waals surface area contributed by atoms with E-state index in [1.165, 1.54) is 12.1 Å². The molecule has 1 aromatic rings. The Kier molecular flexibility index (Phi) is 8.37. The van der Waals surface area contributed by atoms with Crippen LogP contribution in [0, 0.1) is 11.6 Å². The van der Waals surface area contributed by atoms with Crippen molar-refractivity contribution >= 4 is 0 Å². The minimum absolute atomic E-state index is 0.198. The third-order valence-corrected chi connectivity index (χ3v) is 3.27. The van der Waals surface area contributed by atoms with Gasteiger partial charge in [0.15, 0.2) is 11.6 Å². The summed E-state index contributed by atoms with van der Waals surface area (Å²) in [7, 11) is 3.27. The van der Waals surface area contributed by atoms with Gasteiger partial charge in [-0.25, -0.2) is 8.78 Å². The molecule has 0 spiro atoms. The maximum Gasteiger partial charge on any atom is 0.163 e. The molecule has 0 saturated heterocycles. The van der Waals surface area contributed by atoms with Crippen molar-refractivity contribution in [3.63, 3.8) is 0 Å². The molecule has 4 nitrogen and oxygen atoms in total. The lowest BCUT2D eigenvalue weighted by molar-refractivity contribution is 0.129. The first-order valence-corrected chi connectivity index (χ1v) is 6.99. The Labute approximate surface area is 124 Å². The van der Waals surface area contributed by atoms with Gasteiger partial charge in [-0.15, -0.1) is 0 Å². The third-order valence-electron chi connectivity index (χ3n) is 3.27. The summed E-state index contributed by atoms with van der Waals surface area (Å²) in [6.07, 6.45) is 0.846. The topological polar surface area (TPSA) is 47.7 Å². The van der Waals surface area contributed by atoms with E-state index in [1.807, 2.05) is 0 Å². The van der Waals surface area contributed by atoms with Crippen molar-refractivity contribution in [2.45, 2.75) is 12.5 Å². The fourth-order valence-electron chi connectivity index (χ4n) is 2.13. The number of nitrogens with two attached hydrogens (primary N) is 1. The minimum atomic E-state index is -0.870. The highest BCUT2D eigenvalue weighted by Crippen LogP contribution is 2.18. The van der Waals surface area contributed by atoms with Crippen LogP contribution in [0.3, 0.4) is 0 Å². The van der Waals surface area contributed by atoms with E-state index in [1.54, 1.807) is 14.2 Å². The van der Waals surface area contributed by atoms with Gasteiger partial charge in [0.05, 0.1) is 6.61 Å². The van der Waals surface area contributed by atoms with Gasteiger partial charge < -0.3 is 15.2 Å². The lowest BCUT2D eigenvalue weighted by atomic mass is 10.1. The highest BCUT2D eigenvalue weighted by Gasteiger charge is 2.17.